The molecule has 2 aromatic heterocycles. The number of hydrogen-bond donors (Lipinski definition) is 1. The van der Waals surface area contributed by atoms with Gasteiger partial charge in [0.05, 0.1) is 5.69 Å². The fourth-order valence-corrected chi connectivity index (χ4v) is 3.21. The Morgan fingerprint density at radius 3 is 2.32 bits per heavy atom. The molecule has 1 aliphatic rings. The summed E-state index contributed by atoms with van der Waals surface area (Å²) in [4.78, 5) is 17.6. The Hall–Kier alpha value is -3.29. The number of rotatable bonds is 4. The predicted molar refractivity (Wildman–Crippen MR) is 105 cm³/mol. The second-order valence-corrected chi connectivity index (χ2v) is 6.57. The summed E-state index contributed by atoms with van der Waals surface area (Å²) in [6, 6.07) is 11.1. The second-order valence-electron chi connectivity index (χ2n) is 6.57. The van der Waals surface area contributed by atoms with Crippen molar-refractivity contribution in [3.63, 3.8) is 0 Å². The van der Waals surface area contributed by atoms with E-state index >= 15 is 0 Å². The average molecular weight is 382 g/mol. The molecule has 1 fully saturated rings. The second kappa shape index (κ2) is 7.75. The highest BCUT2D eigenvalue weighted by molar-refractivity contribution is 5.60. The van der Waals surface area contributed by atoms with Crippen LogP contribution in [0.2, 0.25) is 0 Å². The van der Waals surface area contributed by atoms with Crippen molar-refractivity contribution in [3.05, 3.63) is 66.1 Å². The van der Waals surface area contributed by atoms with Gasteiger partial charge in [0.15, 0.2) is 0 Å². The number of nitrogens with one attached hydrogen (secondary N) is 1. The van der Waals surface area contributed by atoms with Crippen LogP contribution < -0.4 is 15.1 Å². The molecule has 0 atom stereocenters. The van der Waals surface area contributed by atoms with E-state index in [0.29, 0.717) is 11.6 Å². The molecule has 0 amide bonds. The van der Waals surface area contributed by atoms with Crippen LogP contribution in [0.15, 0.2) is 48.7 Å². The van der Waals surface area contributed by atoms with Crippen molar-refractivity contribution in [1.29, 1.82) is 0 Å². The molecule has 1 saturated heterocycles. The summed E-state index contributed by atoms with van der Waals surface area (Å²) in [7, 11) is 0. The molecule has 28 heavy (non-hydrogen) atoms. The van der Waals surface area contributed by atoms with Gasteiger partial charge < -0.3 is 15.1 Å². The number of nitrogens with zero attached hydrogens (tertiary/aromatic N) is 5. The van der Waals surface area contributed by atoms with E-state index in [0.717, 1.165) is 43.9 Å². The predicted octanol–water partition coefficient (Wildman–Crippen LogP) is 3.53. The van der Waals surface area contributed by atoms with Crippen molar-refractivity contribution < 1.29 is 8.78 Å². The van der Waals surface area contributed by atoms with Gasteiger partial charge in [0.2, 0.25) is 0 Å². The number of aromatic nitrogens is 3. The first-order valence-corrected chi connectivity index (χ1v) is 9.07. The van der Waals surface area contributed by atoms with E-state index in [1.165, 1.54) is 12.1 Å². The Bertz CT molecular complexity index is 958. The lowest BCUT2D eigenvalue weighted by Crippen LogP contribution is -2.47. The minimum absolute atomic E-state index is 0.172. The topological polar surface area (TPSA) is 57.2 Å². The van der Waals surface area contributed by atoms with Gasteiger partial charge in [0.25, 0.3) is 0 Å². The van der Waals surface area contributed by atoms with Gasteiger partial charge in [-0.05, 0) is 31.2 Å². The van der Waals surface area contributed by atoms with Crippen LogP contribution in [0, 0.1) is 18.6 Å². The highest BCUT2D eigenvalue weighted by atomic mass is 19.1. The van der Waals surface area contributed by atoms with Gasteiger partial charge in [0, 0.05) is 44.5 Å². The minimum Gasteiger partial charge on any atom is -0.353 e. The largest absolute Gasteiger partial charge is 0.353 e. The number of piperazine rings is 1. The van der Waals surface area contributed by atoms with Gasteiger partial charge in [-0.1, -0.05) is 6.07 Å². The Labute approximate surface area is 161 Å². The first-order chi connectivity index (χ1) is 13.6. The van der Waals surface area contributed by atoms with Crippen molar-refractivity contribution in [1.82, 2.24) is 15.0 Å². The number of hydrogen-bond acceptors (Lipinski definition) is 6. The molecule has 3 aromatic rings. The molecule has 144 valence electrons. The van der Waals surface area contributed by atoms with E-state index in [-0.39, 0.29) is 5.69 Å². The van der Waals surface area contributed by atoms with Gasteiger partial charge in [-0.2, -0.15) is 0 Å². The number of anilines is 4. The van der Waals surface area contributed by atoms with Gasteiger partial charge >= 0.3 is 0 Å². The zero-order chi connectivity index (χ0) is 19.5. The molecule has 0 unspecified atom stereocenters. The van der Waals surface area contributed by atoms with E-state index in [1.807, 2.05) is 18.2 Å². The summed E-state index contributed by atoms with van der Waals surface area (Å²) < 4.78 is 27.0. The van der Waals surface area contributed by atoms with Crippen LogP contribution in [0.5, 0.6) is 0 Å². The smallest absolute Gasteiger partial charge is 0.149 e. The van der Waals surface area contributed by atoms with Crippen LogP contribution >= 0.6 is 0 Å². The Kier molecular flexibility index (Phi) is 5.01. The van der Waals surface area contributed by atoms with Gasteiger partial charge in [-0.25, -0.2) is 23.7 Å². The highest BCUT2D eigenvalue weighted by Crippen LogP contribution is 2.24. The van der Waals surface area contributed by atoms with Gasteiger partial charge in [-0.3, -0.25) is 0 Å². The number of benzene rings is 1. The monoisotopic (exact) mass is 382 g/mol. The van der Waals surface area contributed by atoms with E-state index in [1.54, 1.807) is 19.2 Å². The molecule has 1 N–H and O–H groups in total. The maximum absolute atomic E-state index is 13.9. The number of pyridine rings is 1. The molecule has 0 saturated carbocycles. The van der Waals surface area contributed by atoms with Crippen molar-refractivity contribution in [2.45, 2.75) is 6.92 Å². The zero-order valence-corrected chi connectivity index (χ0v) is 15.4. The first-order valence-electron chi connectivity index (χ1n) is 9.07. The van der Waals surface area contributed by atoms with Crippen LogP contribution in [-0.4, -0.2) is 41.1 Å². The van der Waals surface area contributed by atoms with Crippen LogP contribution in [0.1, 0.15) is 5.82 Å². The van der Waals surface area contributed by atoms with Gasteiger partial charge in [-0.15, -0.1) is 0 Å². The normalized spacial score (nSPS) is 14.2. The average Bonchev–Trinajstić information content (AvgIpc) is 2.70. The molecule has 0 radical (unpaired) electrons. The third kappa shape index (κ3) is 4.00. The maximum Gasteiger partial charge on any atom is 0.149 e. The van der Waals surface area contributed by atoms with Crippen LogP contribution in [0.3, 0.4) is 0 Å². The van der Waals surface area contributed by atoms with E-state index in [9.17, 15) is 8.78 Å². The number of aryl methyl sites for hydroxylation is 1. The summed E-state index contributed by atoms with van der Waals surface area (Å²) in [6.45, 7) is 5.03. The summed E-state index contributed by atoms with van der Waals surface area (Å²) in [5.41, 5.74) is 0.172. The summed E-state index contributed by atoms with van der Waals surface area (Å²) in [6.07, 6.45) is 1.79. The van der Waals surface area contributed by atoms with Crippen LogP contribution in [0.4, 0.5) is 31.9 Å². The minimum atomic E-state index is -0.665. The molecule has 1 aromatic carbocycles. The third-order valence-electron chi connectivity index (χ3n) is 4.60. The molecule has 3 heterocycles. The van der Waals surface area contributed by atoms with Crippen LogP contribution in [0.25, 0.3) is 0 Å². The molecule has 0 aliphatic carbocycles. The molecule has 4 rings (SSSR count). The Morgan fingerprint density at radius 2 is 1.64 bits per heavy atom. The van der Waals surface area contributed by atoms with Crippen molar-refractivity contribution >= 4 is 23.1 Å². The Morgan fingerprint density at radius 1 is 0.893 bits per heavy atom. The fourth-order valence-electron chi connectivity index (χ4n) is 3.21. The lowest BCUT2D eigenvalue weighted by molar-refractivity contribution is 0.586. The molecular weight excluding hydrogens is 362 g/mol. The molecule has 0 bridgehead atoms. The quantitative estimate of drug-likeness (QED) is 0.745. The lowest BCUT2D eigenvalue weighted by atomic mass is 10.2. The van der Waals surface area contributed by atoms with E-state index in [4.69, 9.17) is 0 Å². The zero-order valence-electron chi connectivity index (χ0n) is 15.4. The van der Waals surface area contributed by atoms with Crippen molar-refractivity contribution in [3.8, 4) is 0 Å². The third-order valence-corrected chi connectivity index (χ3v) is 4.60. The molecule has 8 heteroatoms. The van der Waals surface area contributed by atoms with E-state index in [2.05, 4.69) is 30.1 Å². The standard InChI is InChI=1S/C20H20F2N6/c1-14-24-18(26-17-6-5-15(21)12-16(17)22)13-20(25-14)28-10-8-27(9-11-28)19-4-2-3-7-23-19/h2-7,12-13H,8-11H2,1H3,(H,24,25,26). The maximum atomic E-state index is 13.9. The Balaban J connectivity index is 1.48. The summed E-state index contributed by atoms with van der Waals surface area (Å²) >= 11 is 0. The number of halogens is 2. The molecule has 1 aliphatic heterocycles. The highest BCUT2D eigenvalue weighted by Gasteiger charge is 2.20. The summed E-state index contributed by atoms with van der Waals surface area (Å²) in [5, 5.41) is 2.91. The van der Waals surface area contributed by atoms with Crippen molar-refractivity contribution in [2.75, 3.05) is 41.3 Å². The molecule has 0 spiro atoms. The first kappa shape index (κ1) is 18.1. The lowest BCUT2D eigenvalue weighted by Gasteiger charge is -2.36. The summed E-state index contributed by atoms with van der Waals surface area (Å²) in [5.74, 6) is 1.51. The SMILES string of the molecule is Cc1nc(Nc2ccc(F)cc2F)cc(N2CCN(c3ccccn3)CC2)n1. The molecule has 6 nitrogen and oxygen atoms in total. The fraction of sp³-hybridized carbons (Fsp3) is 0.250. The van der Waals surface area contributed by atoms with Crippen molar-refractivity contribution in [2.24, 2.45) is 0 Å². The van der Waals surface area contributed by atoms with Gasteiger partial charge in [0.1, 0.15) is 34.9 Å². The van der Waals surface area contributed by atoms with Crippen LogP contribution in [-0.2, 0) is 0 Å². The molecular formula is C20H20F2N6. The van der Waals surface area contributed by atoms with E-state index < -0.39 is 11.6 Å².